The summed E-state index contributed by atoms with van der Waals surface area (Å²) in [4.78, 5) is 4.61. The number of rotatable bonds is 1. The Kier molecular flexibility index (Phi) is 2.89. The quantitative estimate of drug-likeness (QED) is 0.846. The van der Waals surface area contributed by atoms with Crippen molar-refractivity contribution < 1.29 is 0 Å². The fraction of sp³-hybridized carbons (Fsp3) is 0.278. The van der Waals surface area contributed by atoms with Gasteiger partial charge in [0, 0.05) is 11.6 Å². The van der Waals surface area contributed by atoms with Crippen LogP contribution in [-0.2, 0) is 0 Å². The fourth-order valence-corrected chi connectivity index (χ4v) is 3.39. The van der Waals surface area contributed by atoms with Gasteiger partial charge in [-0.2, -0.15) is 0 Å². The molecule has 4 rings (SSSR count). The molecule has 2 aromatic rings. The van der Waals surface area contributed by atoms with Crippen LogP contribution in [0.5, 0.6) is 0 Å². The third-order valence-corrected chi connectivity index (χ3v) is 4.44. The standard InChI is InChI=1S/C18H18N2/c1-3-7-16-13(5-1)9-10-19-18(16)15-11-14-6-2-4-8-17(14)20-12-15/h1-4,6-8,11-13,18-19H,5,9-10H2. The van der Waals surface area contributed by atoms with E-state index in [2.05, 4.69) is 52.8 Å². The van der Waals surface area contributed by atoms with Crippen LogP contribution in [0, 0.1) is 5.92 Å². The summed E-state index contributed by atoms with van der Waals surface area (Å²) in [5.74, 6) is 0.706. The molecule has 0 bridgehead atoms. The first kappa shape index (κ1) is 11.9. The van der Waals surface area contributed by atoms with Gasteiger partial charge in [0.25, 0.3) is 0 Å². The predicted molar refractivity (Wildman–Crippen MR) is 82.4 cm³/mol. The maximum Gasteiger partial charge on any atom is 0.0702 e. The molecule has 2 heteroatoms. The summed E-state index contributed by atoms with van der Waals surface area (Å²) in [5.41, 5.74) is 3.88. The van der Waals surface area contributed by atoms with Crippen LogP contribution in [0.2, 0.25) is 0 Å². The lowest BCUT2D eigenvalue weighted by molar-refractivity contribution is 0.402. The van der Waals surface area contributed by atoms with E-state index in [0.29, 0.717) is 12.0 Å². The second-order valence-electron chi connectivity index (χ2n) is 5.66. The van der Waals surface area contributed by atoms with Gasteiger partial charge in [-0.15, -0.1) is 0 Å². The van der Waals surface area contributed by atoms with Gasteiger partial charge in [-0.25, -0.2) is 0 Å². The molecule has 1 aliphatic heterocycles. The Balaban J connectivity index is 1.77. The summed E-state index contributed by atoms with van der Waals surface area (Å²) in [6.07, 6.45) is 11.2. The van der Waals surface area contributed by atoms with Crippen LogP contribution >= 0.6 is 0 Å². The smallest absolute Gasteiger partial charge is 0.0702 e. The van der Waals surface area contributed by atoms with Crippen molar-refractivity contribution in [3.8, 4) is 0 Å². The molecule has 0 spiro atoms. The Hall–Kier alpha value is -1.93. The highest BCUT2D eigenvalue weighted by molar-refractivity contribution is 5.79. The summed E-state index contributed by atoms with van der Waals surface area (Å²) in [6, 6.07) is 10.9. The minimum Gasteiger partial charge on any atom is -0.306 e. The van der Waals surface area contributed by atoms with E-state index >= 15 is 0 Å². The van der Waals surface area contributed by atoms with Crippen molar-refractivity contribution >= 4 is 10.9 Å². The number of nitrogens with one attached hydrogen (secondary N) is 1. The highest BCUT2D eigenvalue weighted by Gasteiger charge is 2.28. The molecule has 1 aromatic carbocycles. The molecule has 1 saturated heterocycles. The molecule has 2 heterocycles. The SMILES string of the molecule is C1=CCC2CCNC(c3cnc4ccccc4c3)C2=C1. The highest BCUT2D eigenvalue weighted by atomic mass is 14.9. The van der Waals surface area contributed by atoms with Crippen molar-refractivity contribution in [2.24, 2.45) is 5.92 Å². The normalized spacial score (nSPS) is 25.3. The summed E-state index contributed by atoms with van der Waals surface area (Å²) in [6.45, 7) is 1.09. The van der Waals surface area contributed by atoms with Gasteiger partial charge in [-0.05, 0) is 48.6 Å². The van der Waals surface area contributed by atoms with Gasteiger partial charge in [0.05, 0.1) is 11.6 Å². The Morgan fingerprint density at radius 2 is 2.15 bits per heavy atom. The summed E-state index contributed by atoms with van der Waals surface area (Å²) >= 11 is 0. The number of nitrogens with zero attached hydrogens (tertiary/aromatic N) is 1. The number of pyridine rings is 1. The summed E-state index contributed by atoms with van der Waals surface area (Å²) in [5, 5.41) is 4.88. The van der Waals surface area contributed by atoms with Gasteiger partial charge in [0.2, 0.25) is 0 Å². The van der Waals surface area contributed by atoms with Gasteiger partial charge in [0.1, 0.15) is 0 Å². The third kappa shape index (κ3) is 1.97. The van der Waals surface area contributed by atoms with Gasteiger partial charge < -0.3 is 5.32 Å². The van der Waals surface area contributed by atoms with Crippen molar-refractivity contribution in [2.45, 2.75) is 18.9 Å². The first-order chi connectivity index (χ1) is 9.92. The minimum absolute atomic E-state index is 0.329. The molecule has 2 unspecified atom stereocenters. The van der Waals surface area contributed by atoms with E-state index in [0.717, 1.165) is 12.1 Å². The molecular formula is C18H18N2. The minimum atomic E-state index is 0.329. The molecule has 1 aliphatic carbocycles. The Labute approximate surface area is 119 Å². The zero-order chi connectivity index (χ0) is 13.4. The molecule has 0 saturated carbocycles. The average molecular weight is 262 g/mol. The number of hydrogen-bond acceptors (Lipinski definition) is 2. The molecule has 100 valence electrons. The van der Waals surface area contributed by atoms with Crippen molar-refractivity contribution in [3.63, 3.8) is 0 Å². The molecule has 2 nitrogen and oxygen atoms in total. The van der Waals surface area contributed by atoms with E-state index in [1.807, 2.05) is 12.3 Å². The molecule has 20 heavy (non-hydrogen) atoms. The monoisotopic (exact) mass is 262 g/mol. The lowest BCUT2D eigenvalue weighted by Crippen LogP contribution is -2.34. The number of fused-ring (bicyclic) bond motifs is 2. The van der Waals surface area contributed by atoms with Crippen LogP contribution in [0.1, 0.15) is 24.4 Å². The Morgan fingerprint density at radius 3 is 3.15 bits per heavy atom. The molecule has 1 fully saturated rings. The van der Waals surface area contributed by atoms with Gasteiger partial charge >= 0.3 is 0 Å². The van der Waals surface area contributed by atoms with Crippen molar-refractivity contribution in [1.29, 1.82) is 0 Å². The largest absolute Gasteiger partial charge is 0.306 e. The van der Waals surface area contributed by atoms with E-state index in [-0.39, 0.29) is 0 Å². The van der Waals surface area contributed by atoms with Crippen LogP contribution in [0.4, 0.5) is 0 Å². The highest BCUT2D eigenvalue weighted by Crippen LogP contribution is 2.37. The topological polar surface area (TPSA) is 24.9 Å². The van der Waals surface area contributed by atoms with Crippen LogP contribution in [0.15, 0.2) is 60.3 Å². The lowest BCUT2D eigenvalue weighted by Gasteiger charge is -2.35. The number of benzene rings is 1. The molecular weight excluding hydrogens is 244 g/mol. The van der Waals surface area contributed by atoms with Crippen LogP contribution in [0.3, 0.4) is 0 Å². The zero-order valence-electron chi connectivity index (χ0n) is 11.4. The van der Waals surface area contributed by atoms with Crippen LogP contribution in [0.25, 0.3) is 10.9 Å². The maximum atomic E-state index is 4.61. The first-order valence-electron chi connectivity index (χ1n) is 7.36. The second kappa shape index (κ2) is 4.88. The van der Waals surface area contributed by atoms with E-state index in [9.17, 15) is 0 Å². The Bertz CT molecular complexity index is 699. The van der Waals surface area contributed by atoms with E-state index in [1.165, 1.54) is 29.4 Å². The van der Waals surface area contributed by atoms with Crippen LogP contribution < -0.4 is 5.32 Å². The summed E-state index contributed by atoms with van der Waals surface area (Å²) in [7, 11) is 0. The molecule has 2 atom stereocenters. The van der Waals surface area contributed by atoms with Crippen molar-refractivity contribution in [1.82, 2.24) is 10.3 Å². The van der Waals surface area contributed by atoms with Gasteiger partial charge in [-0.3, -0.25) is 4.98 Å². The van der Waals surface area contributed by atoms with E-state index < -0.39 is 0 Å². The molecule has 1 N–H and O–H groups in total. The van der Waals surface area contributed by atoms with Crippen molar-refractivity contribution in [2.75, 3.05) is 6.54 Å². The number of aromatic nitrogens is 1. The predicted octanol–water partition coefficient (Wildman–Crippen LogP) is 3.77. The van der Waals surface area contributed by atoms with E-state index in [4.69, 9.17) is 0 Å². The van der Waals surface area contributed by atoms with Gasteiger partial charge in [0.15, 0.2) is 0 Å². The van der Waals surface area contributed by atoms with E-state index in [1.54, 1.807) is 0 Å². The van der Waals surface area contributed by atoms with Crippen LogP contribution in [-0.4, -0.2) is 11.5 Å². The number of piperidine rings is 1. The molecule has 1 aromatic heterocycles. The average Bonchev–Trinajstić information content (AvgIpc) is 2.54. The number of hydrogen-bond donors (Lipinski definition) is 1. The number of allylic oxidation sites excluding steroid dienone is 3. The maximum absolute atomic E-state index is 4.61. The molecule has 2 aliphatic rings. The molecule has 0 radical (unpaired) electrons. The summed E-state index contributed by atoms with van der Waals surface area (Å²) < 4.78 is 0. The van der Waals surface area contributed by atoms with Crippen molar-refractivity contribution in [3.05, 3.63) is 65.9 Å². The number of para-hydroxylation sites is 1. The molecule has 0 amide bonds. The fourth-order valence-electron chi connectivity index (χ4n) is 3.39. The van der Waals surface area contributed by atoms with Gasteiger partial charge in [-0.1, -0.05) is 36.4 Å². The second-order valence-corrected chi connectivity index (χ2v) is 5.66. The zero-order valence-corrected chi connectivity index (χ0v) is 11.4. The third-order valence-electron chi connectivity index (χ3n) is 4.44. The lowest BCUT2D eigenvalue weighted by atomic mass is 9.79. The first-order valence-corrected chi connectivity index (χ1v) is 7.36. The Morgan fingerprint density at radius 1 is 1.20 bits per heavy atom.